The SMILES string of the molecule is Cc1ccccc1N(C)c1ccc2cc(N)ccc2n1. The van der Waals surface area contributed by atoms with Crippen LogP contribution in [0.25, 0.3) is 10.9 Å². The molecule has 3 aromatic rings. The summed E-state index contributed by atoms with van der Waals surface area (Å²) in [5.41, 5.74) is 9.91. The number of nitrogens with zero attached hydrogens (tertiary/aromatic N) is 2. The van der Waals surface area contributed by atoms with Crippen LogP contribution in [-0.2, 0) is 0 Å². The third-order valence-electron chi connectivity index (χ3n) is 3.52. The molecule has 20 heavy (non-hydrogen) atoms. The largest absolute Gasteiger partial charge is 0.399 e. The molecule has 2 N–H and O–H groups in total. The van der Waals surface area contributed by atoms with Crippen molar-refractivity contribution in [2.24, 2.45) is 0 Å². The Hall–Kier alpha value is -2.55. The molecular weight excluding hydrogens is 246 g/mol. The maximum atomic E-state index is 5.79. The van der Waals surface area contributed by atoms with Crippen LogP contribution < -0.4 is 10.6 Å². The molecule has 0 atom stereocenters. The van der Waals surface area contributed by atoms with E-state index in [2.05, 4.69) is 30.0 Å². The third-order valence-corrected chi connectivity index (χ3v) is 3.52. The number of hydrogen-bond donors (Lipinski definition) is 1. The first-order chi connectivity index (χ1) is 9.65. The predicted octanol–water partition coefficient (Wildman–Crippen LogP) is 3.89. The molecule has 0 amide bonds. The highest BCUT2D eigenvalue weighted by Crippen LogP contribution is 2.27. The van der Waals surface area contributed by atoms with Gasteiger partial charge < -0.3 is 10.6 Å². The number of pyridine rings is 1. The van der Waals surface area contributed by atoms with Crippen LogP contribution in [0.15, 0.2) is 54.6 Å². The lowest BCUT2D eigenvalue weighted by atomic mass is 10.1. The molecule has 0 fully saturated rings. The van der Waals surface area contributed by atoms with E-state index in [1.54, 1.807) is 0 Å². The number of rotatable bonds is 2. The molecule has 100 valence electrons. The van der Waals surface area contributed by atoms with Crippen LogP contribution in [0.1, 0.15) is 5.56 Å². The molecule has 3 nitrogen and oxygen atoms in total. The van der Waals surface area contributed by atoms with Crippen molar-refractivity contribution in [1.29, 1.82) is 0 Å². The van der Waals surface area contributed by atoms with E-state index in [1.807, 2.05) is 43.4 Å². The van der Waals surface area contributed by atoms with Crippen LogP contribution in [-0.4, -0.2) is 12.0 Å². The molecule has 1 aromatic heterocycles. The highest BCUT2D eigenvalue weighted by Gasteiger charge is 2.08. The monoisotopic (exact) mass is 263 g/mol. The van der Waals surface area contributed by atoms with Gasteiger partial charge in [-0.05, 0) is 48.9 Å². The van der Waals surface area contributed by atoms with Crippen molar-refractivity contribution >= 4 is 28.1 Å². The summed E-state index contributed by atoms with van der Waals surface area (Å²) in [6.45, 7) is 2.10. The van der Waals surface area contributed by atoms with Gasteiger partial charge >= 0.3 is 0 Å². The van der Waals surface area contributed by atoms with Gasteiger partial charge in [0.1, 0.15) is 5.82 Å². The van der Waals surface area contributed by atoms with Gasteiger partial charge in [-0.2, -0.15) is 0 Å². The normalized spacial score (nSPS) is 10.7. The summed E-state index contributed by atoms with van der Waals surface area (Å²) >= 11 is 0. The van der Waals surface area contributed by atoms with Crippen molar-refractivity contribution in [3.05, 3.63) is 60.2 Å². The minimum Gasteiger partial charge on any atom is -0.399 e. The summed E-state index contributed by atoms with van der Waals surface area (Å²) < 4.78 is 0. The van der Waals surface area contributed by atoms with Crippen molar-refractivity contribution in [3.63, 3.8) is 0 Å². The summed E-state index contributed by atoms with van der Waals surface area (Å²) in [5.74, 6) is 0.927. The first-order valence-corrected chi connectivity index (χ1v) is 6.61. The van der Waals surface area contributed by atoms with Crippen LogP contribution in [0.4, 0.5) is 17.2 Å². The van der Waals surface area contributed by atoms with Crippen molar-refractivity contribution in [1.82, 2.24) is 4.98 Å². The van der Waals surface area contributed by atoms with Crippen molar-refractivity contribution in [2.45, 2.75) is 6.92 Å². The van der Waals surface area contributed by atoms with Gasteiger partial charge in [0.25, 0.3) is 0 Å². The molecule has 0 saturated carbocycles. The molecule has 0 aliphatic heterocycles. The Kier molecular flexibility index (Phi) is 3.03. The summed E-state index contributed by atoms with van der Waals surface area (Å²) in [6.07, 6.45) is 0. The fourth-order valence-corrected chi connectivity index (χ4v) is 2.38. The number of hydrogen-bond acceptors (Lipinski definition) is 3. The van der Waals surface area contributed by atoms with Crippen LogP contribution >= 0.6 is 0 Å². The lowest BCUT2D eigenvalue weighted by Gasteiger charge is -2.20. The Bertz CT molecular complexity index is 765. The highest BCUT2D eigenvalue weighted by atomic mass is 15.2. The number of nitrogen functional groups attached to an aromatic ring is 1. The van der Waals surface area contributed by atoms with Crippen LogP contribution in [0, 0.1) is 6.92 Å². The second kappa shape index (κ2) is 4.85. The highest BCUT2D eigenvalue weighted by molar-refractivity contribution is 5.84. The quantitative estimate of drug-likeness (QED) is 0.713. The minimum atomic E-state index is 0.763. The third kappa shape index (κ3) is 2.18. The van der Waals surface area contributed by atoms with E-state index in [1.165, 1.54) is 5.56 Å². The van der Waals surface area contributed by atoms with Gasteiger partial charge in [-0.25, -0.2) is 4.98 Å². The number of para-hydroxylation sites is 1. The fraction of sp³-hybridized carbons (Fsp3) is 0.118. The number of fused-ring (bicyclic) bond motifs is 1. The van der Waals surface area contributed by atoms with Gasteiger partial charge in [0.05, 0.1) is 5.52 Å². The molecule has 0 bridgehead atoms. The van der Waals surface area contributed by atoms with Gasteiger partial charge in [-0.3, -0.25) is 0 Å². The first-order valence-electron chi connectivity index (χ1n) is 6.61. The molecule has 0 spiro atoms. The average Bonchev–Trinajstić information content (AvgIpc) is 2.46. The van der Waals surface area contributed by atoms with E-state index in [0.29, 0.717) is 0 Å². The Labute approximate surface area is 118 Å². The molecule has 0 aliphatic rings. The van der Waals surface area contributed by atoms with Gasteiger partial charge in [-0.1, -0.05) is 18.2 Å². The van der Waals surface area contributed by atoms with Gasteiger partial charge in [0.15, 0.2) is 0 Å². The van der Waals surface area contributed by atoms with E-state index in [-0.39, 0.29) is 0 Å². The zero-order valence-electron chi connectivity index (χ0n) is 11.7. The molecule has 2 aromatic carbocycles. The molecule has 3 rings (SSSR count). The standard InChI is InChI=1S/C17H17N3/c1-12-5-3-4-6-16(12)20(2)17-10-7-13-11-14(18)8-9-15(13)19-17/h3-11H,18H2,1-2H3. The Morgan fingerprint density at radius 2 is 1.80 bits per heavy atom. The summed E-state index contributed by atoms with van der Waals surface area (Å²) in [5, 5.41) is 1.06. The van der Waals surface area contributed by atoms with E-state index in [0.717, 1.165) is 28.1 Å². The second-order valence-corrected chi connectivity index (χ2v) is 4.97. The van der Waals surface area contributed by atoms with E-state index in [4.69, 9.17) is 10.7 Å². The van der Waals surface area contributed by atoms with Crippen molar-refractivity contribution < 1.29 is 0 Å². The molecule has 0 radical (unpaired) electrons. The number of aromatic nitrogens is 1. The lowest BCUT2D eigenvalue weighted by Crippen LogP contribution is -2.12. The van der Waals surface area contributed by atoms with Crippen LogP contribution in [0.2, 0.25) is 0 Å². The molecule has 0 unspecified atom stereocenters. The minimum absolute atomic E-state index is 0.763. The first kappa shape index (κ1) is 12.5. The number of nitrogens with two attached hydrogens (primary N) is 1. The number of aryl methyl sites for hydroxylation is 1. The van der Waals surface area contributed by atoms with Crippen molar-refractivity contribution in [3.8, 4) is 0 Å². The van der Waals surface area contributed by atoms with E-state index in [9.17, 15) is 0 Å². The number of anilines is 3. The van der Waals surface area contributed by atoms with E-state index >= 15 is 0 Å². The predicted molar refractivity (Wildman–Crippen MR) is 85.4 cm³/mol. The zero-order valence-corrected chi connectivity index (χ0v) is 11.7. The summed E-state index contributed by atoms with van der Waals surface area (Å²) in [4.78, 5) is 6.81. The molecule has 0 aliphatic carbocycles. The lowest BCUT2D eigenvalue weighted by molar-refractivity contribution is 1.13. The van der Waals surface area contributed by atoms with Crippen LogP contribution in [0.5, 0.6) is 0 Å². The topological polar surface area (TPSA) is 42.1 Å². The zero-order chi connectivity index (χ0) is 14.1. The van der Waals surface area contributed by atoms with Crippen LogP contribution in [0.3, 0.4) is 0 Å². The Morgan fingerprint density at radius 1 is 1.00 bits per heavy atom. The number of benzene rings is 2. The second-order valence-electron chi connectivity index (χ2n) is 4.97. The van der Waals surface area contributed by atoms with Gasteiger partial charge in [0.2, 0.25) is 0 Å². The maximum Gasteiger partial charge on any atom is 0.133 e. The molecular formula is C17H17N3. The Morgan fingerprint density at radius 3 is 2.60 bits per heavy atom. The molecule has 3 heteroatoms. The van der Waals surface area contributed by atoms with Crippen molar-refractivity contribution in [2.75, 3.05) is 17.7 Å². The maximum absolute atomic E-state index is 5.79. The molecule has 1 heterocycles. The smallest absolute Gasteiger partial charge is 0.133 e. The average molecular weight is 263 g/mol. The van der Waals surface area contributed by atoms with Gasteiger partial charge in [0, 0.05) is 23.8 Å². The Balaban J connectivity index is 2.06. The summed E-state index contributed by atoms with van der Waals surface area (Å²) in [6, 6.07) is 18.2. The summed E-state index contributed by atoms with van der Waals surface area (Å²) in [7, 11) is 2.04. The fourth-order valence-electron chi connectivity index (χ4n) is 2.38. The molecule has 0 saturated heterocycles. The van der Waals surface area contributed by atoms with E-state index < -0.39 is 0 Å². The van der Waals surface area contributed by atoms with Gasteiger partial charge in [-0.15, -0.1) is 0 Å².